The number of aryl methyl sites for hydroxylation is 1. The SMILES string of the molecule is Cc1cc(S(C)=O)ccc1-c1cnc(NCc2c(F)ccc3c2CCO3)n2cc(C#N)nc12. The lowest BCUT2D eigenvalue weighted by Crippen LogP contribution is -2.09. The number of nitriles is 1. The number of ether oxygens (including phenoxy) is 1. The molecular weight excluding hydrogens is 441 g/mol. The van der Waals surface area contributed by atoms with Crippen LogP contribution in [0.2, 0.25) is 0 Å². The van der Waals surface area contributed by atoms with E-state index < -0.39 is 10.8 Å². The number of hydrogen-bond acceptors (Lipinski definition) is 6. The molecule has 2 aromatic heterocycles. The second-order valence-corrected chi connectivity index (χ2v) is 9.19. The highest BCUT2D eigenvalue weighted by Crippen LogP contribution is 2.32. The van der Waals surface area contributed by atoms with Crippen LogP contribution in [0.1, 0.15) is 22.4 Å². The minimum atomic E-state index is -1.08. The third-order valence-corrected chi connectivity index (χ3v) is 6.71. The van der Waals surface area contributed by atoms with Crippen molar-refractivity contribution in [2.24, 2.45) is 0 Å². The van der Waals surface area contributed by atoms with E-state index in [1.807, 2.05) is 25.1 Å². The van der Waals surface area contributed by atoms with Gasteiger partial charge >= 0.3 is 0 Å². The van der Waals surface area contributed by atoms with E-state index in [0.717, 1.165) is 27.1 Å². The van der Waals surface area contributed by atoms with Gasteiger partial charge in [0.1, 0.15) is 17.6 Å². The molecule has 9 heteroatoms. The minimum absolute atomic E-state index is 0.218. The summed E-state index contributed by atoms with van der Waals surface area (Å²) < 4.78 is 33.6. The molecular formula is C24H20FN5O2S. The van der Waals surface area contributed by atoms with Crippen LogP contribution in [0.5, 0.6) is 5.75 Å². The van der Waals surface area contributed by atoms with E-state index in [2.05, 4.69) is 21.4 Å². The molecule has 0 amide bonds. The van der Waals surface area contributed by atoms with Crippen LogP contribution in [0.25, 0.3) is 16.8 Å². The maximum absolute atomic E-state index is 14.5. The van der Waals surface area contributed by atoms with Gasteiger partial charge in [-0.15, -0.1) is 0 Å². The predicted molar refractivity (Wildman–Crippen MR) is 123 cm³/mol. The predicted octanol–water partition coefficient (Wildman–Crippen LogP) is 4.00. The van der Waals surface area contributed by atoms with Gasteiger partial charge in [0.25, 0.3) is 0 Å². The second-order valence-electron chi connectivity index (χ2n) is 7.81. The lowest BCUT2D eigenvalue weighted by atomic mass is 10.0. The van der Waals surface area contributed by atoms with Crippen molar-refractivity contribution >= 4 is 22.4 Å². The summed E-state index contributed by atoms with van der Waals surface area (Å²) in [5.74, 6) is 0.859. The molecule has 0 fully saturated rings. The van der Waals surface area contributed by atoms with Crippen molar-refractivity contribution < 1.29 is 13.3 Å². The standard InChI is InChI=1S/C24H20FN5O2S/c1-14-9-16(33(2)31)3-4-17(14)20-12-28-24(30-13-15(10-26)29-23(20)30)27-11-19-18-7-8-32-22(18)6-5-21(19)25/h3-6,9,12-13H,7-8,11H2,1-2H3,(H,27,28). The molecule has 33 heavy (non-hydrogen) atoms. The number of hydrogen-bond donors (Lipinski definition) is 1. The van der Waals surface area contributed by atoms with Crippen LogP contribution in [0.4, 0.5) is 10.3 Å². The Hall–Kier alpha value is -3.77. The van der Waals surface area contributed by atoms with Gasteiger partial charge in [0, 0.05) is 57.8 Å². The third-order valence-electron chi connectivity index (χ3n) is 5.79. The molecule has 1 unspecified atom stereocenters. The fourth-order valence-electron chi connectivity index (χ4n) is 4.14. The first-order valence-electron chi connectivity index (χ1n) is 10.4. The van der Waals surface area contributed by atoms with E-state index in [0.29, 0.717) is 35.9 Å². The molecule has 1 N–H and O–H groups in total. The van der Waals surface area contributed by atoms with Gasteiger partial charge in [-0.1, -0.05) is 6.07 Å². The number of nitrogens with zero attached hydrogens (tertiary/aromatic N) is 4. The number of fused-ring (bicyclic) bond motifs is 2. The van der Waals surface area contributed by atoms with E-state index in [9.17, 15) is 13.9 Å². The number of rotatable bonds is 5. The zero-order valence-electron chi connectivity index (χ0n) is 18.1. The molecule has 2 aromatic carbocycles. The Balaban J connectivity index is 1.55. The summed E-state index contributed by atoms with van der Waals surface area (Å²) in [6.45, 7) is 2.69. The fourth-order valence-corrected chi connectivity index (χ4v) is 4.75. The lowest BCUT2D eigenvalue weighted by Gasteiger charge is -2.14. The summed E-state index contributed by atoms with van der Waals surface area (Å²) >= 11 is 0. The topological polar surface area (TPSA) is 92.3 Å². The molecule has 5 rings (SSSR count). The normalized spacial score (nSPS) is 13.4. The summed E-state index contributed by atoms with van der Waals surface area (Å²) in [7, 11) is -1.08. The Labute approximate surface area is 192 Å². The van der Waals surface area contributed by atoms with E-state index in [-0.39, 0.29) is 18.1 Å². The van der Waals surface area contributed by atoms with Crippen LogP contribution >= 0.6 is 0 Å². The Morgan fingerprint density at radius 3 is 2.91 bits per heavy atom. The van der Waals surface area contributed by atoms with Crippen LogP contribution in [-0.4, -0.2) is 31.4 Å². The maximum atomic E-state index is 14.5. The third kappa shape index (κ3) is 3.72. The second kappa shape index (κ2) is 8.30. The quantitative estimate of drug-likeness (QED) is 0.483. The van der Waals surface area contributed by atoms with Crippen molar-refractivity contribution in [3.63, 3.8) is 0 Å². The first kappa shape index (κ1) is 21.1. The van der Waals surface area contributed by atoms with Gasteiger partial charge < -0.3 is 10.1 Å². The molecule has 4 aromatic rings. The molecule has 0 saturated heterocycles. The van der Waals surface area contributed by atoms with Crippen LogP contribution in [0.15, 0.2) is 47.6 Å². The molecule has 0 aliphatic carbocycles. The minimum Gasteiger partial charge on any atom is -0.493 e. The lowest BCUT2D eigenvalue weighted by molar-refractivity contribution is 0.356. The van der Waals surface area contributed by atoms with Crippen molar-refractivity contribution in [3.05, 3.63) is 70.9 Å². The van der Waals surface area contributed by atoms with Crippen molar-refractivity contribution in [3.8, 4) is 22.9 Å². The summed E-state index contributed by atoms with van der Waals surface area (Å²) in [5.41, 5.74) is 4.76. The number of imidazole rings is 1. The molecule has 0 spiro atoms. The molecule has 3 heterocycles. The molecule has 7 nitrogen and oxygen atoms in total. The monoisotopic (exact) mass is 461 g/mol. The molecule has 166 valence electrons. The van der Waals surface area contributed by atoms with Crippen LogP contribution in [0, 0.1) is 24.1 Å². The fraction of sp³-hybridized carbons (Fsp3) is 0.208. The Bertz CT molecular complexity index is 1470. The summed E-state index contributed by atoms with van der Waals surface area (Å²) in [4.78, 5) is 9.76. The zero-order chi connectivity index (χ0) is 23.1. The van der Waals surface area contributed by atoms with E-state index in [1.165, 1.54) is 6.07 Å². The summed E-state index contributed by atoms with van der Waals surface area (Å²) in [5, 5.41) is 12.6. The Kier molecular flexibility index (Phi) is 5.30. The molecule has 0 saturated carbocycles. The van der Waals surface area contributed by atoms with Gasteiger partial charge in [0.05, 0.1) is 12.8 Å². The van der Waals surface area contributed by atoms with E-state index in [4.69, 9.17) is 4.74 Å². The average molecular weight is 462 g/mol. The van der Waals surface area contributed by atoms with Gasteiger partial charge in [-0.3, -0.25) is 8.61 Å². The van der Waals surface area contributed by atoms with Crippen molar-refractivity contribution in [2.75, 3.05) is 18.2 Å². The first-order valence-corrected chi connectivity index (χ1v) is 11.9. The van der Waals surface area contributed by atoms with E-state index >= 15 is 0 Å². The number of benzene rings is 2. The van der Waals surface area contributed by atoms with Gasteiger partial charge in [-0.25, -0.2) is 14.4 Å². The molecule has 1 aliphatic heterocycles. The van der Waals surface area contributed by atoms with Crippen molar-refractivity contribution in [1.82, 2.24) is 14.4 Å². The average Bonchev–Trinajstić information content (AvgIpc) is 3.45. The van der Waals surface area contributed by atoms with Gasteiger partial charge in [0.2, 0.25) is 5.95 Å². The van der Waals surface area contributed by atoms with Gasteiger partial charge in [0.15, 0.2) is 11.3 Å². The molecule has 0 radical (unpaired) electrons. The largest absolute Gasteiger partial charge is 0.493 e. The first-order chi connectivity index (χ1) is 16.0. The maximum Gasteiger partial charge on any atom is 0.208 e. The van der Waals surface area contributed by atoms with Crippen LogP contribution < -0.4 is 10.1 Å². The number of anilines is 1. The highest BCUT2D eigenvalue weighted by atomic mass is 32.2. The van der Waals surface area contributed by atoms with Crippen molar-refractivity contribution in [2.45, 2.75) is 24.8 Å². The summed E-state index contributed by atoms with van der Waals surface area (Å²) in [6.07, 6.45) is 5.59. The molecule has 0 bridgehead atoms. The zero-order valence-corrected chi connectivity index (χ0v) is 18.9. The van der Waals surface area contributed by atoms with Crippen LogP contribution in [0.3, 0.4) is 0 Å². The number of nitrogens with one attached hydrogen (secondary N) is 1. The molecule has 1 atom stereocenters. The highest BCUT2D eigenvalue weighted by molar-refractivity contribution is 7.84. The number of halogens is 1. The Morgan fingerprint density at radius 1 is 1.30 bits per heavy atom. The summed E-state index contributed by atoms with van der Waals surface area (Å²) in [6, 6.07) is 10.7. The molecule has 1 aliphatic rings. The highest BCUT2D eigenvalue weighted by Gasteiger charge is 2.20. The van der Waals surface area contributed by atoms with E-state index in [1.54, 1.807) is 29.1 Å². The number of aromatic nitrogens is 3. The van der Waals surface area contributed by atoms with Gasteiger partial charge in [-0.2, -0.15) is 5.26 Å². The Morgan fingerprint density at radius 2 is 2.15 bits per heavy atom. The smallest absolute Gasteiger partial charge is 0.208 e. The van der Waals surface area contributed by atoms with Crippen LogP contribution in [-0.2, 0) is 23.8 Å². The van der Waals surface area contributed by atoms with Gasteiger partial charge in [-0.05, 0) is 42.3 Å². The van der Waals surface area contributed by atoms with Crippen molar-refractivity contribution in [1.29, 1.82) is 5.26 Å².